The molecule has 0 rings (SSSR count). The van der Waals surface area contributed by atoms with Gasteiger partial charge in [-0.1, -0.05) is 19.6 Å². The molecule has 4 heteroatoms. The average Bonchev–Trinajstić information content (AvgIpc) is 2.13. The normalized spacial score (nSPS) is 8.69. The van der Waals surface area contributed by atoms with Crippen molar-refractivity contribution in [2.75, 3.05) is 0 Å². The molecule has 0 heterocycles. The van der Waals surface area contributed by atoms with Gasteiger partial charge in [0.2, 0.25) is 0 Å². The predicted molar refractivity (Wildman–Crippen MR) is 46.4 cm³/mol. The molecule has 13 heavy (non-hydrogen) atoms. The van der Waals surface area contributed by atoms with Gasteiger partial charge in [-0.25, -0.2) is 19.4 Å². The minimum absolute atomic E-state index is 0.154. The zero-order valence-corrected chi connectivity index (χ0v) is 7.54. The highest BCUT2D eigenvalue weighted by atomic mass is 17.2. The summed E-state index contributed by atoms with van der Waals surface area (Å²) >= 11 is 0. The molecule has 0 N–H and O–H groups in total. The van der Waals surface area contributed by atoms with Gasteiger partial charge in [-0.05, 0) is 6.42 Å². The zero-order chi connectivity index (χ0) is 10.3. The smallest absolute Gasteiger partial charge is 0.247 e. The number of carbonyl (C=O) groups excluding carboxylic acids is 2. The molecule has 0 radical (unpaired) electrons. The van der Waals surface area contributed by atoms with Gasteiger partial charge in [0.1, 0.15) is 0 Å². The van der Waals surface area contributed by atoms with Crippen LogP contribution in [0, 0.1) is 0 Å². The van der Waals surface area contributed by atoms with E-state index in [1.54, 1.807) is 6.92 Å². The average molecular weight is 184 g/mol. The Morgan fingerprint density at radius 3 is 2.46 bits per heavy atom. The van der Waals surface area contributed by atoms with Crippen LogP contribution in [0.15, 0.2) is 24.8 Å². The second-order valence-electron chi connectivity index (χ2n) is 2.28. The molecule has 0 atom stereocenters. The number of rotatable bonds is 4. The van der Waals surface area contributed by atoms with E-state index in [9.17, 15) is 9.59 Å². The van der Waals surface area contributed by atoms with Gasteiger partial charge in [0.25, 0.3) is 0 Å². The van der Waals surface area contributed by atoms with Gasteiger partial charge in [0.05, 0.1) is 0 Å². The summed E-state index contributed by atoms with van der Waals surface area (Å²) in [6.07, 6.45) is 1.97. The van der Waals surface area contributed by atoms with Gasteiger partial charge in [0, 0.05) is 12.0 Å². The predicted octanol–water partition coefficient (Wildman–Crippen LogP) is 1.53. The largest absolute Gasteiger partial charge is 0.382 e. The third-order valence-electron chi connectivity index (χ3n) is 1.18. The van der Waals surface area contributed by atoms with Gasteiger partial charge < -0.3 is 0 Å². The summed E-state index contributed by atoms with van der Waals surface area (Å²) < 4.78 is 0. The zero-order valence-electron chi connectivity index (χ0n) is 7.54. The standard InChI is InChI=1S/C9H12O4/c1-4-6-7(3)9(11)13-12-8(10)5-2/h4H,1,3,5-6H2,2H3. The molecule has 0 aliphatic rings. The molecule has 0 spiro atoms. The molecule has 0 aliphatic heterocycles. The van der Waals surface area contributed by atoms with Gasteiger partial charge in [-0.3, -0.25) is 0 Å². The van der Waals surface area contributed by atoms with Crippen molar-refractivity contribution in [1.29, 1.82) is 0 Å². The fourth-order valence-corrected chi connectivity index (χ4v) is 0.460. The monoisotopic (exact) mass is 184 g/mol. The maximum absolute atomic E-state index is 10.9. The van der Waals surface area contributed by atoms with E-state index < -0.39 is 11.9 Å². The summed E-state index contributed by atoms with van der Waals surface area (Å²) in [5.74, 6) is -1.35. The van der Waals surface area contributed by atoms with Crippen molar-refractivity contribution in [2.24, 2.45) is 0 Å². The van der Waals surface area contributed by atoms with Crippen LogP contribution in [0.5, 0.6) is 0 Å². The molecule has 0 aromatic heterocycles. The van der Waals surface area contributed by atoms with E-state index in [0.29, 0.717) is 6.42 Å². The minimum atomic E-state index is -0.748. The first-order valence-electron chi connectivity index (χ1n) is 3.82. The number of allylic oxidation sites excluding steroid dienone is 1. The third kappa shape index (κ3) is 4.79. The summed E-state index contributed by atoms with van der Waals surface area (Å²) in [7, 11) is 0. The number of hydrogen-bond acceptors (Lipinski definition) is 4. The molecule has 0 fully saturated rings. The maximum Gasteiger partial charge on any atom is 0.382 e. The molecule has 0 unspecified atom stereocenters. The van der Waals surface area contributed by atoms with E-state index in [4.69, 9.17) is 0 Å². The Bertz CT molecular complexity index is 230. The highest BCUT2D eigenvalue weighted by Gasteiger charge is 2.10. The van der Waals surface area contributed by atoms with Crippen molar-refractivity contribution in [3.05, 3.63) is 24.8 Å². The molecule has 0 bridgehead atoms. The lowest BCUT2D eigenvalue weighted by Gasteiger charge is -2.01. The fourth-order valence-electron chi connectivity index (χ4n) is 0.460. The van der Waals surface area contributed by atoms with E-state index in [0.717, 1.165) is 0 Å². The molecular weight excluding hydrogens is 172 g/mol. The lowest BCUT2D eigenvalue weighted by Crippen LogP contribution is -2.11. The molecule has 0 saturated carbocycles. The van der Waals surface area contributed by atoms with Crippen LogP contribution < -0.4 is 0 Å². The minimum Gasteiger partial charge on any atom is -0.247 e. The first-order chi connectivity index (χ1) is 6.11. The first-order valence-corrected chi connectivity index (χ1v) is 3.82. The molecule has 0 aromatic carbocycles. The fraction of sp³-hybridized carbons (Fsp3) is 0.333. The summed E-state index contributed by atoms with van der Waals surface area (Å²) in [5.41, 5.74) is 0.193. The SMILES string of the molecule is C=CCC(=C)C(=O)OOC(=O)CC. The second kappa shape index (κ2) is 5.99. The van der Waals surface area contributed by atoms with Crippen LogP contribution in [0.2, 0.25) is 0 Å². The highest BCUT2D eigenvalue weighted by Crippen LogP contribution is 2.02. The van der Waals surface area contributed by atoms with Crippen LogP contribution in [-0.4, -0.2) is 11.9 Å². The van der Waals surface area contributed by atoms with Crippen molar-refractivity contribution in [3.63, 3.8) is 0 Å². The Balaban J connectivity index is 3.80. The van der Waals surface area contributed by atoms with E-state index in [-0.39, 0.29) is 12.0 Å². The topological polar surface area (TPSA) is 52.6 Å². The van der Waals surface area contributed by atoms with Crippen molar-refractivity contribution in [1.82, 2.24) is 0 Å². The van der Waals surface area contributed by atoms with Crippen molar-refractivity contribution < 1.29 is 19.4 Å². The van der Waals surface area contributed by atoms with Crippen LogP contribution in [0.4, 0.5) is 0 Å². The van der Waals surface area contributed by atoms with Crippen LogP contribution in [0.25, 0.3) is 0 Å². The Morgan fingerprint density at radius 1 is 1.38 bits per heavy atom. The van der Waals surface area contributed by atoms with E-state index in [1.165, 1.54) is 6.08 Å². The molecule has 4 nitrogen and oxygen atoms in total. The third-order valence-corrected chi connectivity index (χ3v) is 1.18. The molecule has 0 aromatic rings. The van der Waals surface area contributed by atoms with Gasteiger partial charge in [-0.15, -0.1) is 6.58 Å². The van der Waals surface area contributed by atoms with Crippen molar-refractivity contribution in [2.45, 2.75) is 19.8 Å². The maximum atomic E-state index is 10.9. The van der Waals surface area contributed by atoms with E-state index in [2.05, 4.69) is 22.9 Å². The Hall–Kier alpha value is -1.58. The number of carbonyl (C=O) groups is 2. The Labute approximate surface area is 76.8 Å². The summed E-state index contributed by atoms with van der Waals surface area (Å²) in [5, 5.41) is 0. The highest BCUT2D eigenvalue weighted by molar-refractivity contribution is 5.88. The summed E-state index contributed by atoms with van der Waals surface area (Å²) in [6, 6.07) is 0. The Morgan fingerprint density at radius 2 is 2.00 bits per heavy atom. The second-order valence-corrected chi connectivity index (χ2v) is 2.28. The van der Waals surface area contributed by atoms with Gasteiger partial charge in [-0.2, -0.15) is 0 Å². The molecule has 0 saturated heterocycles. The van der Waals surface area contributed by atoms with Crippen LogP contribution in [-0.2, 0) is 19.4 Å². The van der Waals surface area contributed by atoms with Crippen LogP contribution >= 0.6 is 0 Å². The van der Waals surface area contributed by atoms with Gasteiger partial charge >= 0.3 is 11.9 Å². The lowest BCUT2D eigenvalue weighted by molar-refractivity contribution is -0.255. The van der Waals surface area contributed by atoms with Crippen molar-refractivity contribution in [3.8, 4) is 0 Å². The van der Waals surface area contributed by atoms with Crippen LogP contribution in [0.1, 0.15) is 19.8 Å². The summed E-state index contributed by atoms with van der Waals surface area (Å²) in [6.45, 7) is 8.42. The number of hydrogen-bond donors (Lipinski definition) is 0. The quantitative estimate of drug-likeness (QED) is 0.288. The van der Waals surface area contributed by atoms with E-state index in [1.807, 2.05) is 0 Å². The van der Waals surface area contributed by atoms with Crippen LogP contribution in [0.3, 0.4) is 0 Å². The molecule has 72 valence electrons. The van der Waals surface area contributed by atoms with Crippen molar-refractivity contribution >= 4 is 11.9 Å². The van der Waals surface area contributed by atoms with Gasteiger partial charge in [0.15, 0.2) is 0 Å². The summed E-state index contributed by atoms with van der Waals surface area (Å²) in [4.78, 5) is 29.8. The first kappa shape index (κ1) is 11.4. The molecule has 0 amide bonds. The Kier molecular flexibility index (Phi) is 5.27. The van der Waals surface area contributed by atoms with E-state index >= 15 is 0 Å². The molecule has 0 aliphatic carbocycles. The lowest BCUT2D eigenvalue weighted by atomic mass is 10.2. The molecular formula is C9H12O4.